The summed E-state index contributed by atoms with van der Waals surface area (Å²) >= 11 is 0. The van der Waals surface area contributed by atoms with Gasteiger partial charge in [-0.1, -0.05) is 48.0 Å². The Morgan fingerprint density at radius 3 is 2.52 bits per heavy atom. The van der Waals surface area contributed by atoms with Crippen LogP contribution < -0.4 is 4.74 Å². The Kier molecular flexibility index (Phi) is 5.67. The normalized spacial score (nSPS) is 10.4. The fourth-order valence-corrected chi connectivity index (χ4v) is 2.86. The number of carbonyl (C=O) groups is 2. The van der Waals surface area contributed by atoms with Crippen molar-refractivity contribution in [2.45, 2.75) is 19.8 Å². The van der Waals surface area contributed by atoms with Gasteiger partial charge in [-0.2, -0.15) is 0 Å². The molecule has 3 rings (SSSR count). The molecule has 0 radical (unpaired) electrons. The lowest BCUT2D eigenvalue weighted by Crippen LogP contribution is -2.09. The maximum atomic E-state index is 12.2. The lowest BCUT2D eigenvalue weighted by atomic mass is 9.95. The molecular formula is C23H20O4. The molecule has 4 nitrogen and oxygen atoms in total. The van der Waals surface area contributed by atoms with Crippen molar-refractivity contribution >= 4 is 12.3 Å². The minimum absolute atomic E-state index is 0.0482. The van der Waals surface area contributed by atoms with E-state index in [-0.39, 0.29) is 23.7 Å². The van der Waals surface area contributed by atoms with E-state index in [9.17, 15) is 14.7 Å². The number of hydrogen-bond donors (Lipinski definition) is 1. The van der Waals surface area contributed by atoms with Crippen LogP contribution in [0.1, 0.15) is 27.9 Å². The molecule has 3 aromatic rings. The van der Waals surface area contributed by atoms with Crippen molar-refractivity contribution < 1.29 is 19.4 Å². The van der Waals surface area contributed by atoms with Crippen LogP contribution in [0.15, 0.2) is 66.7 Å². The first-order valence-electron chi connectivity index (χ1n) is 8.70. The summed E-state index contributed by atoms with van der Waals surface area (Å²) in [5, 5.41) is 9.69. The van der Waals surface area contributed by atoms with E-state index in [0.29, 0.717) is 18.5 Å². The molecule has 0 aliphatic carbocycles. The van der Waals surface area contributed by atoms with Crippen LogP contribution in [0.25, 0.3) is 11.1 Å². The zero-order chi connectivity index (χ0) is 19.2. The van der Waals surface area contributed by atoms with Crippen LogP contribution in [0.5, 0.6) is 11.5 Å². The van der Waals surface area contributed by atoms with E-state index >= 15 is 0 Å². The van der Waals surface area contributed by atoms with Crippen LogP contribution in [0.3, 0.4) is 0 Å². The second-order valence-electron chi connectivity index (χ2n) is 6.34. The SMILES string of the molecule is Cc1ccc(OC(=O)CCc2ccccc2-c2ccc(O)c(C=O)c2)cc1. The highest BCUT2D eigenvalue weighted by molar-refractivity contribution is 5.83. The smallest absolute Gasteiger partial charge is 0.311 e. The average molecular weight is 360 g/mol. The van der Waals surface area contributed by atoms with Gasteiger partial charge in [0, 0.05) is 0 Å². The number of hydrogen-bond acceptors (Lipinski definition) is 4. The van der Waals surface area contributed by atoms with E-state index in [1.165, 1.54) is 6.07 Å². The van der Waals surface area contributed by atoms with Crippen LogP contribution >= 0.6 is 0 Å². The third-order valence-electron chi connectivity index (χ3n) is 4.33. The number of phenols is 1. The number of phenolic OH excluding ortho intramolecular Hbond substituents is 1. The number of benzene rings is 3. The van der Waals surface area contributed by atoms with Crippen molar-refractivity contribution in [2.24, 2.45) is 0 Å². The highest BCUT2D eigenvalue weighted by atomic mass is 16.5. The Labute approximate surface area is 158 Å². The van der Waals surface area contributed by atoms with E-state index in [2.05, 4.69) is 0 Å². The Morgan fingerprint density at radius 1 is 1.04 bits per heavy atom. The van der Waals surface area contributed by atoms with Crippen molar-refractivity contribution in [2.75, 3.05) is 0 Å². The summed E-state index contributed by atoms with van der Waals surface area (Å²) in [6.07, 6.45) is 1.38. The molecule has 0 amide bonds. The molecule has 136 valence electrons. The Hall–Kier alpha value is -3.40. The minimum atomic E-state index is -0.298. The minimum Gasteiger partial charge on any atom is -0.507 e. The zero-order valence-electron chi connectivity index (χ0n) is 15.0. The number of aryl methyl sites for hydroxylation is 2. The molecule has 4 heteroatoms. The van der Waals surface area contributed by atoms with Gasteiger partial charge in [-0.15, -0.1) is 0 Å². The van der Waals surface area contributed by atoms with Gasteiger partial charge in [0.05, 0.1) is 12.0 Å². The number of rotatable bonds is 6. The van der Waals surface area contributed by atoms with Gasteiger partial charge in [0.2, 0.25) is 0 Å². The molecule has 27 heavy (non-hydrogen) atoms. The fraction of sp³-hybridized carbons (Fsp3) is 0.130. The van der Waals surface area contributed by atoms with Gasteiger partial charge in [0.15, 0.2) is 6.29 Å². The molecule has 0 saturated heterocycles. The zero-order valence-corrected chi connectivity index (χ0v) is 15.0. The quantitative estimate of drug-likeness (QED) is 0.392. The topological polar surface area (TPSA) is 63.6 Å². The van der Waals surface area contributed by atoms with E-state index < -0.39 is 0 Å². The lowest BCUT2D eigenvalue weighted by molar-refractivity contribution is -0.134. The van der Waals surface area contributed by atoms with E-state index in [1.54, 1.807) is 24.3 Å². The summed E-state index contributed by atoms with van der Waals surface area (Å²) in [4.78, 5) is 23.2. The summed E-state index contributed by atoms with van der Waals surface area (Å²) in [5.41, 5.74) is 4.05. The van der Waals surface area contributed by atoms with Crippen LogP contribution in [0.2, 0.25) is 0 Å². The number of aromatic hydroxyl groups is 1. The molecule has 0 saturated carbocycles. The van der Waals surface area contributed by atoms with Gasteiger partial charge in [0.1, 0.15) is 11.5 Å². The first kappa shape index (κ1) is 18.4. The van der Waals surface area contributed by atoms with Crippen molar-refractivity contribution in [3.8, 4) is 22.6 Å². The Bertz CT molecular complexity index is 958. The van der Waals surface area contributed by atoms with E-state index in [0.717, 1.165) is 22.3 Å². The third-order valence-corrected chi connectivity index (χ3v) is 4.33. The summed E-state index contributed by atoms with van der Waals surface area (Å²) in [6.45, 7) is 1.97. The van der Waals surface area contributed by atoms with Crippen LogP contribution in [-0.2, 0) is 11.2 Å². The van der Waals surface area contributed by atoms with Crippen molar-refractivity contribution in [3.63, 3.8) is 0 Å². The number of aldehydes is 1. The summed E-state index contributed by atoms with van der Waals surface area (Å²) in [7, 11) is 0. The molecule has 1 N–H and O–H groups in total. The second kappa shape index (κ2) is 8.32. The number of esters is 1. The van der Waals surface area contributed by atoms with Crippen molar-refractivity contribution in [3.05, 3.63) is 83.4 Å². The molecule has 0 heterocycles. The van der Waals surface area contributed by atoms with Crippen LogP contribution in [0.4, 0.5) is 0 Å². The van der Waals surface area contributed by atoms with Crippen molar-refractivity contribution in [1.29, 1.82) is 0 Å². The maximum Gasteiger partial charge on any atom is 0.311 e. The maximum absolute atomic E-state index is 12.2. The molecular weight excluding hydrogens is 340 g/mol. The molecule has 3 aromatic carbocycles. The summed E-state index contributed by atoms with van der Waals surface area (Å²) in [6, 6.07) is 19.9. The first-order chi connectivity index (χ1) is 13.1. The molecule has 0 aliphatic heterocycles. The second-order valence-corrected chi connectivity index (χ2v) is 6.34. The average Bonchev–Trinajstić information content (AvgIpc) is 2.69. The monoisotopic (exact) mass is 360 g/mol. The van der Waals surface area contributed by atoms with Gasteiger partial charge < -0.3 is 9.84 Å². The number of ether oxygens (including phenoxy) is 1. The molecule has 0 bridgehead atoms. The highest BCUT2D eigenvalue weighted by Gasteiger charge is 2.11. The Balaban J connectivity index is 1.73. The van der Waals surface area contributed by atoms with Gasteiger partial charge in [-0.25, -0.2) is 0 Å². The molecule has 0 aliphatic rings. The highest BCUT2D eigenvalue weighted by Crippen LogP contribution is 2.28. The summed E-state index contributed by atoms with van der Waals surface area (Å²) < 4.78 is 5.37. The van der Waals surface area contributed by atoms with E-state index in [4.69, 9.17) is 4.74 Å². The molecule has 0 unspecified atom stereocenters. The standard InChI is InChI=1S/C23H20O4/c1-16-6-10-20(11-7-16)27-23(26)13-9-17-4-2-3-5-21(17)18-8-12-22(25)19(14-18)15-24/h2-8,10-12,14-15,25H,9,13H2,1H3. The molecule has 0 spiro atoms. The molecule has 0 fully saturated rings. The lowest BCUT2D eigenvalue weighted by Gasteiger charge is -2.11. The van der Waals surface area contributed by atoms with Gasteiger partial charge >= 0.3 is 5.97 Å². The third kappa shape index (κ3) is 4.61. The van der Waals surface area contributed by atoms with E-state index in [1.807, 2.05) is 43.3 Å². The Morgan fingerprint density at radius 2 is 1.78 bits per heavy atom. The summed E-state index contributed by atoms with van der Waals surface area (Å²) in [5.74, 6) is 0.189. The molecule has 0 atom stereocenters. The predicted molar refractivity (Wildman–Crippen MR) is 104 cm³/mol. The van der Waals surface area contributed by atoms with Gasteiger partial charge in [-0.3, -0.25) is 9.59 Å². The molecule has 0 aromatic heterocycles. The van der Waals surface area contributed by atoms with Crippen molar-refractivity contribution in [1.82, 2.24) is 0 Å². The fourth-order valence-electron chi connectivity index (χ4n) is 2.86. The predicted octanol–water partition coefficient (Wildman–Crippen LogP) is 4.72. The van der Waals surface area contributed by atoms with Gasteiger partial charge in [-0.05, 0) is 54.3 Å². The number of carbonyl (C=O) groups excluding carboxylic acids is 2. The van der Waals surface area contributed by atoms with Gasteiger partial charge in [0.25, 0.3) is 0 Å². The largest absolute Gasteiger partial charge is 0.507 e. The van der Waals surface area contributed by atoms with Crippen LogP contribution in [-0.4, -0.2) is 17.4 Å². The van der Waals surface area contributed by atoms with Crippen LogP contribution in [0, 0.1) is 6.92 Å². The first-order valence-corrected chi connectivity index (χ1v) is 8.70.